The van der Waals surface area contributed by atoms with Crippen molar-refractivity contribution in [2.45, 2.75) is 39.5 Å². The van der Waals surface area contributed by atoms with Crippen LogP contribution in [0.3, 0.4) is 0 Å². The third-order valence-corrected chi connectivity index (χ3v) is 5.72. The number of hydrogen-bond acceptors (Lipinski definition) is 3. The van der Waals surface area contributed by atoms with Crippen LogP contribution in [0.1, 0.15) is 27.8 Å². The van der Waals surface area contributed by atoms with Gasteiger partial charge in [-0.05, 0) is 41.7 Å². The molecule has 5 nitrogen and oxygen atoms in total. The Morgan fingerprint density at radius 1 is 0.903 bits per heavy atom. The summed E-state index contributed by atoms with van der Waals surface area (Å²) in [7, 11) is 0. The largest absolute Gasteiger partial charge is 0.445 e. The number of fused-ring (bicyclic) bond motifs is 1. The van der Waals surface area contributed by atoms with E-state index in [-0.39, 0.29) is 12.5 Å². The zero-order valence-corrected chi connectivity index (χ0v) is 17.8. The molecule has 4 rings (SSSR count). The second kappa shape index (κ2) is 9.04. The first-order valence-electron chi connectivity index (χ1n) is 10.4. The normalized spacial score (nSPS) is 15.2. The third kappa shape index (κ3) is 4.61. The van der Waals surface area contributed by atoms with E-state index in [1.54, 1.807) is 0 Å². The number of hydrogen-bond donors (Lipinski definition) is 1. The molecule has 1 atom stereocenters. The second-order valence-corrected chi connectivity index (χ2v) is 7.91. The number of nitrogens with zero attached hydrogens (tertiary/aromatic N) is 1. The number of carbonyl (C=O) groups is 2. The molecule has 2 amide bonds. The van der Waals surface area contributed by atoms with Crippen LogP contribution in [-0.2, 0) is 29.1 Å². The Balaban J connectivity index is 1.56. The van der Waals surface area contributed by atoms with E-state index in [1.165, 1.54) is 4.90 Å². The number of carbonyl (C=O) groups excluding carboxylic acids is 2. The standard InChI is InChI=1S/C26H26N2O3/c1-18-9-8-10-19(2)24(18)27-25(29)23-15-21-13-6-7-14-22(21)16-28(23)26(30)31-17-20-11-4-3-5-12-20/h3-14,23H,15-17H2,1-2H3,(H,27,29). The lowest BCUT2D eigenvalue weighted by Crippen LogP contribution is -2.50. The summed E-state index contributed by atoms with van der Waals surface area (Å²) in [5, 5.41) is 3.05. The Labute approximate surface area is 182 Å². The van der Waals surface area contributed by atoms with E-state index in [9.17, 15) is 9.59 Å². The molecule has 0 spiro atoms. The zero-order chi connectivity index (χ0) is 21.8. The predicted molar refractivity (Wildman–Crippen MR) is 121 cm³/mol. The Kier molecular flexibility index (Phi) is 6.03. The number of para-hydroxylation sites is 1. The van der Waals surface area contributed by atoms with Crippen LogP contribution in [0, 0.1) is 13.8 Å². The lowest BCUT2D eigenvalue weighted by Gasteiger charge is -2.35. The van der Waals surface area contributed by atoms with Crippen LogP contribution in [0.2, 0.25) is 0 Å². The van der Waals surface area contributed by atoms with E-state index in [0.29, 0.717) is 13.0 Å². The molecule has 0 saturated heterocycles. The van der Waals surface area contributed by atoms with Gasteiger partial charge < -0.3 is 10.1 Å². The van der Waals surface area contributed by atoms with Gasteiger partial charge in [0.1, 0.15) is 12.6 Å². The van der Waals surface area contributed by atoms with Crippen LogP contribution in [0.5, 0.6) is 0 Å². The maximum absolute atomic E-state index is 13.3. The topological polar surface area (TPSA) is 58.6 Å². The van der Waals surface area contributed by atoms with Crippen LogP contribution in [-0.4, -0.2) is 22.9 Å². The molecule has 158 valence electrons. The summed E-state index contributed by atoms with van der Waals surface area (Å²) in [6.07, 6.45) is -0.0343. The van der Waals surface area contributed by atoms with Crippen LogP contribution in [0.15, 0.2) is 72.8 Å². The maximum Gasteiger partial charge on any atom is 0.411 e. The summed E-state index contributed by atoms with van der Waals surface area (Å²) < 4.78 is 5.57. The van der Waals surface area contributed by atoms with Gasteiger partial charge in [-0.3, -0.25) is 9.69 Å². The highest BCUT2D eigenvalue weighted by atomic mass is 16.6. The molecule has 0 saturated carbocycles. The average molecular weight is 415 g/mol. The van der Waals surface area contributed by atoms with Gasteiger partial charge in [-0.15, -0.1) is 0 Å². The summed E-state index contributed by atoms with van der Waals surface area (Å²) in [5.41, 5.74) is 5.80. The molecule has 0 fully saturated rings. The number of amides is 2. The van der Waals surface area contributed by atoms with Crippen molar-refractivity contribution >= 4 is 17.7 Å². The van der Waals surface area contributed by atoms with Crippen LogP contribution >= 0.6 is 0 Å². The monoisotopic (exact) mass is 414 g/mol. The summed E-state index contributed by atoms with van der Waals surface area (Å²) in [5.74, 6) is -0.205. The quantitative estimate of drug-likeness (QED) is 0.653. The minimum Gasteiger partial charge on any atom is -0.445 e. The molecule has 0 aliphatic carbocycles. The first kappa shape index (κ1) is 20.7. The first-order valence-corrected chi connectivity index (χ1v) is 10.4. The van der Waals surface area contributed by atoms with Gasteiger partial charge in [-0.2, -0.15) is 0 Å². The number of rotatable bonds is 4. The Hall–Kier alpha value is -3.60. The number of nitrogens with one attached hydrogen (secondary N) is 1. The molecule has 1 heterocycles. The Bertz CT molecular complexity index is 1070. The van der Waals surface area contributed by atoms with E-state index >= 15 is 0 Å². The maximum atomic E-state index is 13.3. The van der Waals surface area contributed by atoms with Crippen LogP contribution in [0.4, 0.5) is 10.5 Å². The van der Waals surface area contributed by atoms with Gasteiger partial charge in [-0.25, -0.2) is 4.79 Å². The van der Waals surface area contributed by atoms with Crippen molar-refractivity contribution in [3.05, 3.63) is 101 Å². The molecular weight excluding hydrogens is 388 g/mol. The van der Waals surface area contributed by atoms with Gasteiger partial charge in [0.05, 0.1) is 6.54 Å². The van der Waals surface area contributed by atoms with E-state index in [0.717, 1.165) is 33.5 Å². The second-order valence-electron chi connectivity index (χ2n) is 7.91. The highest BCUT2D eigenvalue weighted by molar-refractivity contribution is 5.98. The molecule has 1 aliphatic rings. The molecule has 1 unspecified atom stereocenters. The smallest absolute Gasteiger partial charge is 0.411 e. The highest BCUT2D eigenvalue weighted by Gasteiger charge is 2.35. The summed E-state index contributed by atoms with van der Waals surface area (Å²) in [6.45, 7) is 4.44. The average Bonchev–Trinajstić information content (AvgIpc) is 2.79. The van der Waals surface area contributed by atoms with Gasteiger partial charge in [0.25, 0.3) is 0 Å². The number of aryl methyl sites for hydroxylation is 2. The minimum atomic E-state index is -0.642. The van der Waals surface area contributed by atoms with Crippen molar-refractivity contribution in [1.29, 1.82) is 0 Å². The number of benzene rings is 3. The van der Waals surface area contributed by atoms with E-state index in [2.05, 4.69) is 5.32 Å². The summed E-state index contributed by atoms with van der Waals surface area (Å²) >= 11 is 0. The third-order valence-electron chi connectivity index (χ3n) is 5.72. The van der Waals surface area contributed by atoms with Crippen molar-refractivity contribution in [3.8, 4) is 0 Å². The Morgan fingerprint density at radius 2 is 1.55 bits per heavy atom. The van der Waals surface area contributed by atoms with Gasteiger partial charge >= 0.3 is 6.09 Å². The van der Waals surface area contributed by atoms with Crippen molar-refractivity contribution in [2.75, 3.05) is 5.32 Å². The molecule has 0 bridgehead atoms. The van der Waals surface area contributed by atoms with Gasteiger partial charge in [-0.1, -0.05) is 72.8 Å². The predicted octanol–water partition coefficient (Wildman–Crippen LogP) is 5.01. The van der Waals surface area contributed by atoms with Gasteiger partial charge in [0, 0.05) is 12.1 Å². The fraction of sp³-hybridized carbons (Fsp3) is 0.231. The molecular formula is C26H26N2O3. The van der Waals surface area contributed by atoms with E-state index < -0.39 is 12.1 Å². The molecule has 3 aromatic rings. The fourth-order valence-electron chi connectivity index (χ4n) is 3.97. The Morgan fingerprint density at radius 3 is 2.26 bits per heavy atom. The molecule has 1 aliphatic heterocycles. The SMILES string of the molecule is Cc1cccc(C)c1NC(=O)C1Cc2ccccc2CN1C(=O)OCc1ccccc1. The molecule has 5 heteroatoms. The van der Waals surface area contributed by atoms with Crippen LogP contribution < -0.4 is 5.32 Å². The van der Waals surface area contributed by atoms with Gasteiger partial charge in [0.2, 0.25) is 5.91 Å². The summed E-state index contributed by atoms with van der Waals surface area (Å²) in [6, 6.07) is 22.7. The number of anilines is 1. The van der Waals surface area contributed by atoms with E-state index in [1.807, 2.05) is 86.6 Å². The lowest BCUT2D eigenvalue weighted by atomic mass is 9.93. The van der Waals surface area contributed by atoms with E-state index in [4.69, 9.17) is 4.74 Å². The molecule has 0 radical (unpaired) electrons. The first-order chi connectivity index (χ1) is 15.0. The molecule has 31 heavy (non-hydrogen) atoms. The summed E-state index contributed by atoms with van der Waals surface area (Å²) in [4.78, 5) is 27.9. The zero-order valence-electron chi connectivity index (χ0n) is 17.8. The fourth-order valence-corrected chi connectivity index (χ4v) is 3.97. The van der Waals surface area contributed by atoms with Crippen molar-refractivity contribution in [3.63, 3.8) is 0 Å². The van der Waals surface area contributed by atoms with Crippen molar-refractivity contribution in [1.82, 2.24) is 4.90 Å². The van der Waals surface area contributed by atoms with Crippen LogP contribution in [0.25, 0.3) is 0 Å². The van der Waals surface area contributed by atoms with Crippen molar-refractivity contribution in [2.24, 2.45) is 0 Å². The highest BCUT2D eigenvalue weighted by Crippen LogP contribution is 2.27. The lowest BCUT2D eigenvalue weighted by molar-refractivity contribution is -0.121. The molecule has 0 aromatic heterocycles. The van der Waals surface area contributed by atoms with Crippen molar-refractivity contribution < 1.29 is 14.3 Å². The van der Waals surface area contributed by atoms with Gasteiger partial charge in [0.15, 0.2) is 0 Å². The minimum absolute atomic E-state index is 0.170. The molecule has 1 N–H and O–H groups in total. The molecule has 3 aromatic carbocycles. The number of ether oxygens (including phenoxy) is 1.